The van der Waals surface area contributed by atoms with Crippen molar-refractivity contribution >= 4 is 23.3 Å². The monoisotopic (exact) mass is 388 g/mol. The van der Waals surface area contributed by atoms with E-state index in [0.717, 1.165) is 18.5 Å². The van der Waals surface area contributed by atoms with E-state index in [9.17, 15) is 22.4 Å². The number of nitrogens with zero attached hydrogens (tertiary/aromatic N) is 4. The van der Waals surface area contributed by atoms with Crippen molar-refractivity contribution in [1.29, 1.82) is 0 Å². The van der Waals surface area contributed by atoms with E-state index in [1.165, 1.54) is 17.0 Å². The Balaban J connectivity index is 1.70. The molecule has 10 heteroatoms. The first-order valence-electron chi connectivity index (χ1n) is 7.64. The molecule has 1 aromatic carbocycles. The topological polar surface area (TPSA) is 49.3 Å². The number of alkyl halides is 3. The fraction of sp³-hybridized carbons (Fsp3) is 0.312. The van der Waals surface area contributed by atoms with Crippen LogP contribution in [0.5, 0.6) is 0 Å². The molecule has 0 spiro atoms. The summed E-state index contributed by atoms with van der Waals surface area (Å²) in [6.07, 6.45) is -3.70. The predicted octanol–water partition coefficient (Wildman–Crippen LogP) is 3.25. The minimum absolute atomic E-state index is 0.132. The molecule has 138 valence electrons. The molecule has 0 atom stereocenters. The number of hydrogen-bond donors (Lipinski definition) is 0. The average molecular weight is 389 g/mol. The molecule has 1 fully saturated rings. The van der Waals surface area contributed by atoms with Crippen LogP contribution in [0, 0.1) is 5.82 Å². The number of benzene rings is 1. The lowest BCUT2D eigenvalue weighted by Gasteiger charge is -2.35. The molecular formula is C16H13ClF4N4O. The second kappa shape index (κ2) is 7.06. The molecule has 0 radical (unpaired) electrons. The van der Waals surface area contributed by atoms with Crippen molar-refractivity contribution in [3.8, 4) is 0 Å². The van der Waals surface area contributed by atoms with Gasteiger partial charge in [-0.25, -0.2) is 14.4 Å². The molecule has 0 unspecified atom stereocenters. The van der Waals surface area contributed by atoms with E-state index in [2.05, 4.69) is 9.97 Å². The molecule has 1 saturated heterocycles. The lowest BCUT2D eigenvalue weighted by molar-refractivity contribution is -0.141. The van der Waals surface area contributed by atoms with Gasteiger partial charge in [0.15, 0.2) is 0 Å². The summed E-state index contributed by atoms with van der Waals surface area (Å²) in [5.41, 5.74) is -1.16. The normalized spacial score (nSPS) is 15.3. The Bertz CT molecular complexity index is 822. The van der Waals surface area contributed by atoms with Crippen LogP contribution in [-0.2, 0) is 6.18 Å². The smallest absolute Gasteiger partial charge is 0.353 e. The molecule has 1 aliphatic heterocycles. The van der Waals surface area contributed by atoms with Crippen LogP contribution in [-0.4, -0.2) is 47.0 Å². The Hall–Kier alpha value is -2.42. The van der Waals surface area contributed by atoms with Gasteiger partial charge in [-0.3, -0.25) is 4.79 Å². The third-order valence-electron chi connectivity index (χ3n) is 3.99. The zero-order valence-corrected chi connectivity index (χ0v) is 14.1. The highest BCUT2D eigenvalue weighted by Crippen LogP contribution is 2.29. The summed E-state index contributed by atoms with van der Waals surface area (Å²) in [4.78, 5) is 22.6. The van der Waals surface area contributed by atoms with Gasteiger partial charge in [-0.2, -0.15) is 13.2 Å². The van der Waals surface area contributed by atoms with Crippen molar-refractivity contribution in [3.05, 3.63) is 52.7 Å². The number of carbonyl (C=O) groups excluding carboxylic acids is 1. The third-order valence-corrected chi connectivity index (χ3v) is 4.23. The van der Waals surface area contributed by atoms with Crippen molar-refractivity contribution < 1.29 is 22.4 Å². The van der Waals surface area contributed by atoms with Gasteiger partial charge < -0.3 is 9.80 Å². The lowest BCUT2D eigenvalue weighted by Crippen LogP contribution is -2.49. The number of halogens is 5. The Morgan fingerprint density at radius 3 is 2.42 bits per heavy atom. The first-order valence-corrected chi connectivity index (χ1v) is 8.02. The van der Waals surface area contributed by atoms with Crippen molar-refractivity contribution in [1.82, 2.24) is 14.9 Å². The van der Waals surface area contributed by atoms with Crippen molar-refractivity contribution in [2.75, 3.05) is 31.1 Å². The van der Waals surface area contributed by atoms with E-state index < -0.39 is 23.6 Å². The zero-order chi connectivity index (χ0) is 18.9. The first-order chi connectivity index (χ1) is 12.3. The summed E-state index contributed by atoms with van der Waals surface area (Å²) in [6, 6.07) is 4.59. The van der Waals surface area contributed by atoms with Crippen LogP contribution in [0.3, 0.4) is 0 Å². The molecule has 2 heterocycles. The van der Waals surface area contributed by atoms with Crippen molar-refractivity contribution in [2.45, 2.75) is 6.18 Å². The number of rotatable bonds is 2. The quantitative estimate of drug-likeness (QED) is 0.741. The molecule has 0 saturated carbocycles. The number of amides is 1. The summed E-state index contributed by atoms with van der Waals surface area (Å²) in [5.74, 6) is -1.05. The maximum atomic E-state index is 13.8. The molecule has 0 N–H and O–H groups in total. The summed E-state index contributed by atoms with van der Waals surface area (Å²) in [5, 5.41) is 0.244. The Morgan fingerprint density at radius 2 is 1.77 bits per heavy atom. The number of carbonyl (C=O) groups is 1. The molecule has 26 heavy (non-hydrogen) atoms. The molecule has 1 aliphatic rings. The summed E-state index contributed by atoms with van der Waals surface area (Å²) in [7, 11) is 0. The molecule has 5 nitrogen and oxygen atoms in total. The lowest BCUT2D eigenvalue weighted by atomic mass is 10.1. The van der Waals surface area contributed by atoms with E-state index in [1.807, 2.05) is 0 Å². The molecular weight excluding hydrogens is 376 g/mol. The van der Waals surface area contributed by atoms with Gasteiger partial charge in [0.1, 0.15) is 23.7 Å². The van der Waals surface area contributed by atoms with Crippen LogP contribution in [0.4, 0.5) is 23.4 Å². The predicted molar refractivity (Wildman–Crippen MR) is 86.6 cm³/mol. The van der Waals surface area contributed by atoms with Crippen LogP contribution in [0.2, 0.25) is 5.02 Å². The Kier molecular flexibility index (Phi) is 4.99. The summed E-state index contributed by atoms with van der Waals surface area (Å²) < 4.78 is 52.1. The van der Waals surface area contributed by atoms with Gasteiger partial charge in [-0.05, 0) is 18.2 Å². The first kappa shape index (κ1) is 18.4. The van der Waals surface area contributed by atoms with Crippen molar-refractivity contribution in [3.63, 3.8) is 0 Å². The van der Waals surface area contributed by atoms with E-state index in [4.69, 9.17) is 11.6 Å². The average Bonchev–Trinajstić information content (AvgIpc) is 2.63. The van der Waals surface area contributed by atoms with Crippen LogP contribution >= 0.6 is 11.6 Å². The Labute approximate surface area is 151 Å². The zero-order valence-electron chi connectivity index (χ0n) is 13.3. The van der Waals surface area contributed by atoms with Crippen LogP contribution < -0.4 is 4.90 Å². The number of aromatic nitrogens is 2. The minimum atomic E-state index is -4.56. The fourth-order valence-corrected chi connectivity index (χ4v) is 2.82. The largest absolute Gasteiger partial charge is 0.433 e. The van der Waals surface area contributed by atoms with E-state index in [1.54, 1.807) is 4.90 Å². The highest BCUT2D eigenvalue weighted by Gasteiger charge is 2.33. The van der Waals surface area contributed by atoms with E-state index in [-0.39, 0.29) is 42.6 Å². The second-order valence-corrected chi connectivity index (χ2v) is 6.10. The van der Waals surface area contributed by atoms with E-state index >= 15 is 0 Å². The van der Waals surface area contributed by atoms with Gasteiger partial charge in [0, 0.05) is 37.3 Å². The number of anilines is 1. The number of hydrogen-bond acceptors (Lipinski definition) is 4. The standard InChI is InChI=1S/C16H13ClF4N4O/c17-10-1-2-12(18)11(7-10)15(26)25-5-3-24(4-6-25)14-8-13(16(19,20)21)22-9-23-14/h1-2,7-9H,3-6H2. The van der Waals surface area contributed by atoms with Gasteiger partial charge in [-0.1, -0.05) is 11.6 Å². The fourth-order valence-electron chi connectivity index (χ4n) is 2.65. The highest BCUT2D eigenvalue weighted by molar-refractivity contribution is 6.31. The maximum absolute atomic E-state index is 13.8. The van der Waals surface area contributed by atoms with Gasteiger partial charge in [0.2, 0.25) is 0 Å². The van der Waals surface area contributed by atoms with Crippen LogP contribution in [0.1, 0.15) is 16.1 Å². The summed E-state index contributed by atoms with van der Waals surface area (Å²) >= 11 is 5.80. The SMILES string of the molecule is O=C(c1cc(Cl)ccc1F)N1CCN(c2cc(C(F)(F)F)ncn2)CC1. The second-order valence-electron chi connectivity index (χ2n) is 5.66. The van der Waals surface area contributed by atoms with Gasteiger partial charge in [0.25, 0.3) is 5.91 Å². The van der Waals surface area contributed by atoms with Crippen LogP contribution in [0.25, 0.3) is 0 Å². The molecule has 2 aromatic rings. The summed E-state index contributed by atoms with van der Waals surface area (Å²) in [6.45, 7) is 0.969. The van der Waals surface area contributed by atoms with Crippen LogP contribution in [0.15, 0.2) is 30.6 Å². The molecule has 1 amide bonds. The molecule has 1 aromatic heterocycles. The molecule has 0 bridgehead atoms. The van der Waals surface area contributed by atoms with Gasteiger partial charge >= 0.3 is 6.18 Å². The minimum Gasteiger partial charge on any atom is -0.353 e. The number of piperazine rings is 1. The van der Waals surface area contributed by atoms with Crippen molar-refractivity contribution in [2.24, 2.45) is 0 Å². The Morgan fingerprint density at radius 1 is 1.08 bits per heavy atom. The molecule has 0 aliphatic carbocycles. The maximum Gasteiger partial charge on any atom is 0.433 e. The third kappa shape index (κ3) is 3.87. The molecule has 3 rings (SSSR count). The van der Waals surface area contributed by atoms with E-state index in [0.29, 0.717) is 0 Å². The highest BCUT2D eigenvalue weighted by atomic mass is 35.5. The van der Waals surface area contributed by atoms with Gasteiger partial charge in [0.05, 0.1) is 5.56 Å². The van der Waals surface area contributed by atoms with Gasteiger partial charge in [-0.15, -0.1) is 0 Å².